The largest absolute Gasteiger partial charge is 0.480 e. The molecule has 0 spiro atoms. The number of pyridine rings is 1. The van der Waals surface area contributed by atoms with Crippen molar-refractivity contribution in [2.75, 3.05) is 11.9 Å². The van der Waals surface area contributed by atoms with Crippen molar-refractivity contribution in [1.29, 1.82) is 0 Å². The number of carbonyl (C=O) groups is 1. The van der Waals surface area contributed by atoms with Gasteiger partial charge in [0.1, 0.15) is 17.6 Å². The van der Waals surface area contributed by atoms with Gasteiger partial charge in [-0.1, -0.05) is 0 Å². The van der Waals surface area contributed by atoms with Crippen molar-refractivity contribution in [1.82, 2.24) is 4.98 Å². The number of carboxylic acids is 1. The Kier molecular flexibility index (Phi) is 4.14. The molecule has 1 heterocycles. The quantitative estimate of drug-likeness (QED) is 0.671. The number of carboxylic acid groups (broad SMARTS) is 1. The molecule has 0 saturated carbocycles. The van der Waals surface area contributed by atoms with Gasteiger partial charge in [0.05, 0.1) is 9.40 Å². The molecule has 104 valence electrons. The van der Waals surface area contributed by atoms with Crippen LogP contribution in [-0.4, -0.2) is 33.6 Å². The van der Waals surface area contributed by atoms with E-state index in [0.717, 1.165) is 6.20 Å². The molecule has 0 aliphatic carbocycles. The Morgan fingerprint density at radius 3 is 2.53 bits per heavy atom. The first-order valence-corrected chi connectivity index (χ1v) is 6.16. The molecule has 7 nitrogen and oxygen atoms in total. The van der Waals surface area contributed by atoms with Gasteiger partial charge in [-0.25, -0.2) is 9.78 Å². The molecule has 0 atom stereocenters. The molecule has 0 saturated heterocycles. The molecule has 0 radical (unpaired) electrons. The molecule has 1 aromatic heterocycles. The normalized spacial score (nSPS) is 11.2. The molecule has 0 fully saturated rings. The van der Waals surface area contributed by atoms with E-state index in [9.17, 15) is 20.0 Å². The zero-order valence-corrected chi connectivity index (χ0v) is 12.6. The van der Waals surface area contributed by atoms with Gasteiger partial charge >= 0.3 is 5.97 Å². The second-order valence-corrected chi connectivity index (χ2v) is 5.38. The fraction of sp³-hybridized carbons (Fsp3) is 0.455. The highest BCUT2D eigenvalue weighted by molar-refractivity contribution is 9.10. The van der Waals surface area contributed by atoms with E-state index in [4.69, 9.17) is 0 Å². The SMILES string of the molecule is Cc1c([N+](=O)[O-])cnc(N(C)C(C)(C)C(=O)O)c1Br. The van der Waals surface area contributed by atoms with Crippen molar-refractivity contribution >= 4 is 33.4 Å². The van der Waals surface area contributed by atoms with E-state index in [1.54, 1.807) is 14.0 Å². The molecule has 0 aliphatic heterocycles. The molecule has 1 aromatic rings. The third-order valence-corrected chi connectivity index (χ3v) is 4.04. The summed E-state index contributed by atoms with van der Waals surface area (Å²) in [6, 6.07) is 0. The lowest BCUT2D eigenvalue weighted by molar-refractivity contribution is -0.385. The summed E-state index contributed by atoms with van der Waals surface area (Å²) < 4.78 is 0.415. The number of nitrogens with zero attached hydrogens (tertiary/aromatic N) is 3. The minimum Gasteiger partial charge on any atom is -0.480 e. The monoisotopic (exact) mass is 331 g/mol. The molecule has 1 rings (SSSR count). The first-order chi connectivity index (χ1) is 8.60. The minimum absolute atomic E-state index is 0.114. The molecule has 0 amide bonds. The van der Waals surface area contributed by atoms with E-state index < -0.39 is 16.4 Å². The van der Waals surface area contributed by atoms with Crippen molar-refractivity contribution < 1.29 is 14.8 Å². The maximum Gasteiger partial charge on any atom is 0.328 e. The summed E-state index contributed by atoms with van der Waals surface area (Å²) >= 11 is 3.24. The van der Waals surface area contributed by atoms with Crippen LogP contribution in [-0.2, 0) is 4.79 Å². The third-order valence-electron chi connectivity index (χ3n) is 3.10. The Hall–Kier alpha value is -1.70. The lowest BCUT2D eigenvalue weighted by Gasteiger charge is -2.33. The number of hydrogen-bond donors (Lipinski definition) is 1. The molecule has 0 aliphatic rings. The van der Waals surface area contributed by atoms with Crippen LogP contribution in [0.1, 0.15) is 19.4 Å². The average molecular weight is 332 g/mol. The molecule has 0 bridgehead atoms. The lowest BCUT2D eigenvalue weighted by atomic mass is 10.0. The van der Waals surface area contributed by atoms with E-state index in [2.05, 4.69) is 20.9 Å². The highest BCUT2D eigenvalue weighted by Gasteiger charge is 2.34. The molecular weight excluding hydrogens is 318 g/mol. The van der Waals surface area contributed by atoms with E-state index in [1.165, 1.54) is 18.7 Å². The fourth-order valence-corrected chi connectivity index (χ4v) is 1.95. The summed E-state index contributed by atoms with van der Waals surface area (Å²) in [5.74, 6) is -0.671. The zero-order chi connectivity index (χ0) is 15.0. The highest BCUT2D eigenvalue weighted by Crippen LogP contribution is 2.34. The molecule has 0 aromatic carbocycles. The van der Waals surface area contributed by atoms with Crippen LogP contribution in [0.25, 0.3) is 0 Å². The van der Waals surface area contributed by atoms with Crippen molar-refractivity contribution in [3.63, 3.8) is 0 Å². The van der Waals surface area contributed by atoms with Crippen LogP contribution in [0, 0.1) is 17.0 Å². The molecule has 19 heavy (non-hydrogen) atoms. The van der Waals surface area contributed by atoms with Crippen molar-refractivity contribution in [3.8, 4) is 0 Å². The van der Waals surface area contributed by atoms with E-state index in [0.29, 0.717) is 15.9 Å². The number of rotatable bonds is 4. The summed E-state index contributed by atoms with van der Waals surface area (Å²) in [6.45, 7) is 4.63. The Morgan fingerprint density at radius 2 is 2.11 bits per heavy atom. The zero-order valence-electron chi connectivity index (χ0n) is 11.0. The minimum atomic E-state index is -1.18. The summed E-state index contributed by atoms with van der Waals surface area (Å²) in [4.78, 5) is 26.9. The highest BCUT2D eigenvalue weighted by atomic mass is 79.9. The van der Waals surface area contributed by atoms with Crippen LogP contribution in [0.5, 0.6) is 0 Å². The first-order valence-electron chi connectivity index (χ1n) is 5.37. The van der Waals surface area contributed by atoms with E-state index in [-0.39, 0.29) is 5.69 Å². The summed E-state index contributed by atoms with van der Waals surface area (Å²) in [6.07, 6.45) is 1.13. The lowest BCUT2D eigenvalue weighted by Crippen LogP contribution is -2.48. The van der Waals surface area contributed by atoms with Gasteiger partial charge in [-0.05, 0) is 36.7 Å². The van der Waals surface area contributed by atoms with Gasteiger partial charge in [-0.15, -0.1) is 0 Å². The van der Waals surface area contributed by atoms with Gasteiger partial charge in [0.15, 0.2) is 0 Å². The van der Waals surface area contributed by atoms with Crippen LogP contribution < -0.4 is 4.90 Å². The van der Waals surface area contributed by atoms with Crippen molar-refractivity contribution in [2.24, 2.45) is 0 Å². The van der Waals surface area contributed by atoms with Crippen LogP contribution in [0.3, 0.4) is 0 Å². The van der Waals surface area contributed by atoms with Crippen LogP contribution in [0.2, 0.25) is 0 Å². The molecule has 8 heteroatoms. The maximum atomic E-state index is 11.2. The smallest absolute Gasteiger partial charge is 0.328 e. The van der Waals surface area contributed by atoms with Gasteiger partial charge in [0, 0.05) is 12.6 Å². The van der Waals surface area contributed by atoms with E-state index >= 15 is 0 Å². The second-order valence-electron chi connectivity index (χ2n) is 4.59. The van der Waals surface area contributed by atoms with Crippen LogP contribution in [0.15, 0.2) is 10.7 Å². The number of anilines is 1. The third kappa shape index (κ3) is 2.67. The standard InChI is InChI=1S/C11H14BrN3O4/c1-6-7(15(18)19)5-13-9(8(6)12)14(4)11(2,3)10(16)17/h5H,1-4H3,(H,16,17). The number of nitro groups is 1. The molecule has 0 unspecified atom stereocenters. The summed E-state index contributed by atoms with van der Waals surface area (Å²) in [7, 11) is 1.58. The topological polar surface area (TPSA) is 96.6 Å². The van der Waals surface area contributed by atoms with Crippen LogP contribution in [0.4, 0.5) is 11.5 Å². The number of aliphatic carboxylic acids is 1. The second kappa shape index (κ2) is 5.12. The number of halogens is 1. The van der Waals surface area contributed by atoms with Crippen molar-refractivity contribution in [2.45, 2.75) is 26.3 Å². The Bertz CT molecular complexity index is 545. The first kappa shape index (κ1) is 15.4. The number of aromatic nitrogens is 1. The maximum absolute atomic E-state index is 11.2. The van der Waals surface area contributed by atoms with E-state index in [1.807, 2.05) is 0 Å². The van der Waals surface area contributed by atoms with Gasteiger partial charge in [0.2, 0.25) is 0 Å². The number of likely N-dealkylation sites (N-methyl/N-ethyl adjacent to an activating group) is 1. The average Bonchev–Trinajstić information content (AvgIpc) is 2.30. The Balaban J connectivity index is 3.35. The predicted molar refractivity (Wildman–Crippen MR) is 73.4 cm³/mol. The van der Waals surface area contributed by atoms with Gasteiger partial charge < -0.3 is 10.0 Å². The Morgan fingerprint density at radius 1 is 1.58 bits per heavy atom. The number of hydrogen-bond acceptors (Lipinski definition) is 5. The van der Waals surface area contributed by atoms with Gasteiger partial charge in [-0.3, -0.25) is 10.1 Å². The summed E-state index contributed by atoms with van der Waals surface area (Å²) in [5.41, 5.74) is -0.891. The predicted octanol–water partition coefficient (Wildman–Crippen LogP) is 2.36. The Labute approximate surface area is 118 Å². The van der Waals surface area contributed by atoms with Crippen LogP contribution >= 0.6 is 15.9 Å². The summed E-state index contributed by atoms with van der Waals surface area (Å²) in [5, 5.41) is 20.0. The molecular formula is C11H14BrN3O4. The fourth-order valence-electron chi connectivity index (χ4n) is 1.38. The van der Waals surface area contributed by atoms with Crippen molar-refractivity contribution in [3.05, 3.63) is 26.3 Å². The van der Waals surface area contributed by atoms with Gasteiger partial charge in [-0.2, -0.15) is 0 Å². The van der Waals surface area contributed by atoms with Gasteiger partial charge in [0.25, 0.3) is 5.69 Å². The molecule has 1 N–H and O–H groups in total.